The number of fused-ring (bicyclic) bond motifs is 1. The first-order valence-electron chi connectivity index (χ1n) is 10.7. The molecule has 0 spiro atoms. The number of rotatable bonds is 6. The molecule has 1 atom stereocenters. The van der Waals surface area contributed by atoms with E-state index in [0.717, 1.165) is 16.7 Å². The molecule has 0 saturated carbocycles. The zero-order chi connectivity index (χ0) is 24.5. The number of halogens is 1. The third kappa shape index (κ3) is 5.13. The van der Waals surface area contributed by atoms with Gasteiger partial charge in [-0.15, -0.1) is 0 Å². The molecule has 0 radical (unpaired) electrons. The Morgan fingerprint density at radius 3 is 2.44 bits per heavy atom. The first-order chi connectivity index (χ1) is 16.1. The Labute approximate surface area is 204 Å². The number of amides is 1. The normalized spacial score (nSPS) is 13.8. The molecule has 3 aromatic carbocycles. The average molecular weight is 501 g/mol. The highest BCUT2D eigenvalue weighted by atomic mass is 35.5. The fourth-order valence-electron chi connectivity index (χ4n) is 3.67. The van der Waals surface area contributed by atoms with Crippen LogP contribution in [0.5, 0.6) is 11.5 Å². The Morgan fingerprint density at radius 2 is 1.71 bits per heavy atom. The minimum absolute atomic E-state index is 0.0219. The number of hydrogen-bond donors (Lipinski definition) is 2. The van der Waals surface area contributed by atoms with Crippen molar-refractivity contribution in [1.82, 2.24) is 5.32 Å². The van der Waals surface area contributed by atoms with Gasteiger partial charge in [0.05, 0.1) is 16.8 Å². The highest BCUT2D eigenvalue weighted by molar-refractivity contribution is 7.92. The lowest BCUT2D eigenvalue weighted by Crippen LogP contribution is -2.27. The predicted molar refractivity (Wildman–Crippen MR) is 131 cm³/mol. The molecule has 9 heteroatoms. The summed E-state index contributed by atoms with van der Waals surface area (Å²) in [7, 11) is -4.02. The van der Waals surface area contributed by atoms with Gasteiger partial charge in [0.1, 0.15) is 18.1 Å². The van der Waals surface area contributed by atoms with Gasteiger partial charge in [-0.1, -0.05) is 35.4 Å². The summed E-state index contributed by atoms with van der Waals surface area (Å²) in [6.07, 6.45) is 0. The number of carbonyl (C=O) groups is 1. The monoisotopic (exact) mass is 500 g/mol. The van der Waals surface area contributed by atoms with Crippen LogP contribution in [0.25, 0.3) is 0 Å². The molecule has 4 rings (SSSR count). The van der Waals surface area contributed by atoms with Crippen molar-refractivity contribution >= 4 is 33.2 Å². The summed E-state index contributed by atoms with van der Waals surface area (Å²) in [5, 5.41) is 2.91. The number of benzene rings is 3. The van der Waals surface area contributed by atoms with Gasteiger partial charge in [-0.05, 0) is 68.3 Å². The second-order valence-corrected chi connectivity index (χ2v) is 10.2. The van der Waals surface area contributed by atoms with Crippen LogP contribution in [0.1, 0.15) is 40.0 Å². The summed E-state index contributed by atoms with van der Waals surface area (Å²) in [5.41, 5.74) is 3.25. The SMILES string of the molecule is Cc1ccc(NS(=O)(=O)c2cc(C(=O)NC(C)c3ccc4c(c3)OCCO4)ccc2Cl)c(C)c1. The van der Waals surface area contributed by atoms with E-state index in [1.54, 1.807) is 12.1 Å². The van der Waals surface area contributed by atoms with Crippen LogP contribution in [0, 0.1) is 13.8 Å². The summed E-state index contributed by atoms with van der Waals surface area (Å²) in [4.78, 5) is 12.8. The van der Waals surface area contributed by atoms with Gasteiger partial charge < -0.3 is 14.8 Å². The van der Waals surface area contributed by atoms with Gasteiger partial charge in [0.15, 0.2) is 11.5 Å². The Bertz CT molecular complexity index is 1360. The summed E-state index contributed by atoms with van der Waals surface area (Å²) < 4.78 is 39.8. The minimum atomic E-state index is -4.02. The minimum Gasteiger partial charge on any atom is -0.486 e. The third-order valence-corrected chi connectivity index (χ3v) is 7.37. The zero-order valence-corrected chi connectivity index (χ0v) is 20.6. The van der Waals surface area contributed by atoms with Crippen molar-refractivity contribution in [2.45, 2.75) is 31.7 Å². The maximum atomic E-state index is 13.1. The van der Waals surface area contributed by atoms with Crippen LogP contribution in [0.4, 0.5) is 5.69 Å². The van der Waals surface area contributed by atoms with E-state index >= 15 is 0 Å². The molecule has 178 valence electrons. The molecule has 34 heavy (non-hydrogen) atoms. The summed E-state index contributed by atoms with van der Waals surface area (Å²) in [5.74, 6) is 0.863. The number of aryl methyl sites for hydroxylation is 2. The van der Waals surface area contributed by atoms with Crippen molar-refractivity contribution < 1.29 is 22.7 Å². The largest absolute Gasteiger partial charge is 0.486 e. The summed E-state index contributed by atoms with van der Waals surface area (Å²) in [6, 6.07) is 14.7. The zero-order valence-electron chi connectivity index (χ0n) is 19.0. The third-order valence-electron chi connectivity index (χ3n) is 5.52. The molecule has 3 aromatic rings. The number of ether oxygens (including phenoxy) is 2. The second-order valence-electron chi connectivity index (χ2n) is 8.17. The molecule has 0 bridgehead atoms. The maximum absolute atomic E-state index is 13.1. The number of hydrogen-bond acceptors (Lipinski definition) is 5. The molecule has 1 heterocycles. The van der Waals surface area contributed by atoms with Gasteiger partial charge in [-0.2, -0.15) is 0 Å². The van der Waals surface area contributed by atoms with Gasteiger partial charge in [0.25, 0.3) is 15.9 Å². The van der Waals surface area contributed by atoms with Crippen molar-refractivity contribution in [3.8, 4) is 11.5 Å². The van der Waals surface area contributed by atoms with Crippen LogP contribution < -0.4 is 19.5 Å². The van der Waals surface area contributed by atoms with E-state index in [-0.39, 0.29) is 21.5 Å². The first-order valence-corrected chi connectivity index (χ1v) is 12.6. The molecule has 2 N–H and O–H groups in total. The molecule has 1 unspecified atom stereocenters. The lowest BCUT2D eigenvalue weighted by atomic mass is 10.1. The second kappa shape index (κ2) is 9.56. The molecule has 0 aromatic heterocycles. The standard InChI is InChI=1S/C25H25ClN2O5S/c1-15-4-8-21(16(2)12-15)28-34(30,31)24-14-19(5-7-20(24)26)25(29)27-17(3)18-6-9-22-23(13-18)33-11-10-32-22/h4-9,12-14,17,28H,10-11H2,1-3H3,(H,27,29). The highest BCUT2D eigenvalue weighted by Crippen LogP contribution is 2.33. The Morgan fingerprint density at radius 1 is 0.971 bits per heavy atom. The van der Waals surface area contributed by atoms with E-state index in [1.807, 2.05) is 45.0 Å². The van der Waals surface area contributed by atoms with Crippen LogP contribution in [0.15, 0.2) is 59.5 Å². The van der Waals surface area contributed by atoms with E-state index in [9.17, 15) is 13.2 Å². The number of nitrogens with one attached hydrogen (secondary N) is 2. The Balaban J connectivity index is 1.54. The molecule has 0 aliphatic carbocycles. The van der Waals surface area contributed by atoms with Gasteiger partial charge in [-0.25, -0.2) is 8.42 Å². The van der Waals surface area contributed by atoms with Gasteiger partial charge in [0, 0.05) is 5.56 Å². The topological polar surface area (TPSA) is 93.7 Å². The summed E-state index contributed by atoms with van der Waals surface area (Å²) in [6.45, 7) is 6.54. The fourth-order valence-corrected chi connectivity index (χ4v) is 5.33. The smallest absolute Gasteiger partial charge is 0.263 e. The van der Waals surface area contributed by atoms with Crippen molar-refractivity contribution in [2.75, 3.05) is 17.9 Å². The molecule has 0 saturated heterocycles. The van der Waals surface area contributed by atoms with Gasteiger partial charge in [-0.3, -0.25) is 9.52 Å². The van der Waals surface area contributed by atoms with E-state index in [2.05, 4.69) is 10.0 Å². The number of sulfonamides is 1. The predicted octanol–water partition coefficient (Wildman–Crippen LogP) is 5.02. The molecule has 1 aliphatic heterocycles. The van der Waals surface area contributed by atoms with Crippen molar-refractivity contribution in [2.24, 2.45) is 0 Å². The highest BCUT2D eigenvalue weighted by Gasteiger charge is 2.22. The molecule has 0 fully saturated rings. The maximum Gasteiger partial charge on any atom is 0.263 e. The van der Waals surface area contributed by atoms with Crippen LogP contribution in [-0.2, 0) is 10.0 Å². The van der Waals surface area contributed by atoms with E-state index in [1.165, 1.54) is 18.2 Å². The summed E-state index contributed by atoms with van der Waals surface area (Å²) >= 11 is 6.21. The van der Waals surface area contributed by atoms with E-state index in [0.29, 0.717) is 30.4 Å². The van der Waals surface area contributed by atoms with Crippen LogP contribution in [-0.4, -0.2) is 27.5 Å². The molecule has 1 amide bonds. The van der Waals surface area contributed by atoms with E-state index in [4.69, 9.17) is 21.1 Å². The lowest BCUT2D eigenvalue weighted by molar-refractivity contribution is 0.0939. The number of anilines is 1. The molecular formula is C25H25ClN2O5S. The van der Waals surface area contributed by atoms with Crippen molar-refractivity contribution in [3.63, 3.8) is 0 Å². The van der Waals surface area contributed by atoms with Crippen LogP contribution in [0.2, 0.25) is 5.02 Å². The molecular weight excluding hydrogens is 476 g/mol. The molecule has 7 nitrogen and oxygen atoms in total. The Hall–Kier alpha value is -3.23. The van der Waals surface area contributed by atoms with Crippen LogP contribution in [0.3, 0.4) is 0 Å². The quantitative estimate of drug-likeness (QED) is 0.495. The van der Waals surface area contributed by atoms with E-state index < -0.39 is 15.9 Å². The first kappa shape index (κ1) is 23.9. The van der Waals surface area contributed by atoms with Crippen LogP contribution >= 0.6 is 11.6 Å². The number of carbonyl (C=O) groups excluding carboxylic acids is 1. The average Bonchev–Trinajstić information content (AvgIpc) is 2.80. The van der Waals surface area contributed by atoms with Gasteiger partial charge >= 0.3 is 0 Å². The lowest BCUT2D eigenvalue weighted by Gasteiger charge is -2.21. The Kier molecular flexibility index (Phi) is 6.72. The fraction of sp³-hybridized carbons (Fsp3) is 0.240. The molecule has 1 aliphatic rings. The van der Waals surface area contributed by atoms with Crippen molar-refractivity contribution in [3.05, 3.63) is 81.9 Å². The van der Waals surface area contributed by atoms with Crippen molar-refractivity contribution in [1.29, 1.82) is 0 Å². The van der Waals surface area contributed by atoms with Gasteiger partial charge in [0.2, 0.25) is 0 Å².